The highest BCUT2D eigenvalue weighted by Crippen LogP contribution is 2.22. The van der Waals surface area contributed by atoms with Crippen molar-refractivity contribution in [3.63, 3.8) is 0 Å². The lowest BCUT2D eigenvalue weighted by molar-refractivity contribution is 0.103. The quantitative estimate of drug-likeness (QED) is 0.544. The first kappa shape index (κ1) is 19.2. The van der Waals surface area contributed by atoms with Crippen molar-refractivity contribution < 1.29 is 9.53 Å². The normalized spacial score (nSPS) is 10.9. The van der Waals surface area contributed by atoms with Crippen LogP contribution in [0.4, 0.5) is 5.69 Å². The van der Waals surface area contributed by atoms with E-state index < -0.39 is 0 Å². The average molecular weight is 380 g/mol. The SMILES string of the molecule is Cc1ccc(OCc2csc(C(=O)Nc3ccc(C(C)C)cc3)c2)cc1C. The smallest absolute Gasteiger partial charge is 0.265 e. The van der Waals surface area contributed by atoms with Crippen molar-refractivity contribution in [2.75, 3.05) is 5.32 Å². The summed E-state index contributed by atoms with van der Waals surface area (Å²) < 4.78 is 5.85. The van der Waals surface area contributed by atoms with E-state index in [2.05, 4.69) is 51.2 Å². The van der Waals surface area contributed by atoms with Gasteiger partial charge in [0, 0.05) is 11.3 Å². The third kappa shape index (κ3) is 4.98. The minimum Gasteiger partial charge on any atom is -0.489 e. The van der Waals surface area contributed by atoms with E-state index in [1.54, 1.807) is 0 Å². The second kappa shape index (κ2) is 8.40. The van der Waals surface area contributed by atoms with Crippen LogP contribution in [0, 0.1) is 13.8 Å². The van der Waals surface area contributed by atoms with Gasteiger partial charge in [0.05, 0.1) is 4.88 Å². The summed E-state index contributed by atoms with van der Waals surface area (Å²) in [4.78, 5) is 13.1. The van der Waals surface area contributed by atoms with Crippen molar-refractivity contribution in [3.8, 4) is 5.75 Å². The largest absolute Gasteiger partial charge is 0.489 e. The van der Waals surface area contributed by atoms with Gasteiger partial charge < -0.3 is 10.1 Å². The molecule has 0 aliphatic heterocycles. The molecule has 1 aromatic heterocycles. The summed E-state index contributed by atoms with van der Waals surface area (Å²) in [7, 11) is 0. The molecule has 0 radical (unpaired) electrons. The number of ether oxygens (including phenoxy) is 1. The summed E-state index contributed by atoms with van der Waals surface area (Å²) in [6.45, 7) is 8.92. The molecule has 3 rings (SSSR count). The highest BCUT2D eigenvalue weighted by molar-refractivity contribution is 7.12. The van der Waals surface area contributed by atoms with Crippen LogP contribution in [0.25, 0.3) is 0 Å². The summed E-state index contributed by atoms with van der Waals surface area (Å²) >= 11 is 1.43. The van der Waals surface area contributed by atoms with Crippen LogP contribution in [0.3, 0.4) is 0 Å². The highest BCUT2D eigenvalue weighted by atomic mass is 32.1. The Balaban J connectivity index is 1.59. The predicted octanol–water partition coefficient (Wildman–Crippen LogP) is 6.32. The fourth-order valence-electron chi connectivity index (χ4n) is 2.68. The first-order valence-electron chi connectivity index (χ1n) is 9.11. The van der Waals surface area contributed by atoms with Crippen LogP contribution in [-0.4, -0.2) is 5.91 Å². The van der Waals surface area contributed by atoms with E-state index in [0.717, 1.165) is 17.0 Å². The average Bonchev–Trinajstić information content (AvgIpc) is 3.12. The lowest BCUT2D eigenvalue weighted by atomic mass is 10.0. The minimum absolute atomic E-state index is 0.0882. The molecule has 0 aliphatic carbocycles. The van der Waals surface area contributed by atoms with Gasteiger partial charge >= 0.3 is 0 Å². The summed E-state index contributed by atoms with van der Waals surface area (Å²) in [5.41, 5.74) is 5.53. The number of hydrogen-bond acceptors (Lipinski definition) is 3. The van der Waals surface area contributed by atoms with Crippen LogP contribution in [0.15, 0.2) is 53.9 Å². The Kier molecular flexibility index (Phi) is 5.97. The lowest BCUT2D eigenvalue weighted by Crippen LogP contribution is -2.10. The fourth-order valence-corrected chi connectivity index (χ4v) is 3.48. The van der Waals surface area contributed by atoms with Gasteiger partial charge in [0.1, 0.15) is 12.4 Å². The number of carbonyl (C=O) groups is 1. The van der Waals surface area contributed by atoms with Crippen molar-refractivity contribution >= 4 is 22.9 Å². The van der Waals surface area contributed by atoms with E-state index in [0.29, 0.717) is 17.4 Å². The maximum atomic E-state index is 12.5. The Morgan fingerprint density at radius 3 is 2.44 bits per heavy atom. The molecule has 1 amide bonds. The Bertz CT molecular complexity index is 926. The molecule has 27 heavy (non-hydrogen) atoms. The van der Waals surface area contributed by atoms with E-state index in [1.165, 1.54) is 28.0 Å². The number of benzene rings is 2. The van der Waals surface area contributed by atoms with Gasteiger partial charge in [-0.05, 0) is 72.2 Å². The molecular formula is C23H25NO2S. The number of rotatable bonds is 6. The van der Waals surface area contributed by atoms with Gasteiger partial charge in [-0.2, -0.15) is 0 Å². The maximum absolute atomic E-state index is 12.5. The lowest BCUT2D eigenvalue weighted by Gasteiger charge is -2.08. The van der Waals surface area contributed by atoms with Crippen LogP contribution >= 0.6 is 11.3 Å². The number of hydrogen-bond donors (Lipinski definition) is 1. The highest BCUT2D eigenvalue weighted by Gasteiger charge is 2.10. The van der Waals surface area contributed by atoms with E-state index in [9.17, 15) is 4.79 Å². The maximum Gasteiger partial charge on any atom is 0.265 e. The van der Waals surface area contributed by atoms with E-state index in [4.69, 9.17) is 4.74 Å². The van der Waals surface area contributed by atoms with Crippen LogP contribution in [0.2, 0.25) is 0 Å². The van der Waals surface area contributed by atoms with Gasteiger partial charge in [-0.3, -0.25) is 4.79 Å². The molecule has 4 heteroatoms. The zero-order valence-corrected chi connectivity index (χ0v) is 17.0. The fraction of sp³-hybridized carbons (Fsp3) is 0.261. The Morgan fingerprint density at radius 2 is 1.78 bits per heavy atom. The number of amides is 1. The molecule has 1 N–H and O–H groups in total. The molecule has 0 atom stereocenters. The Labute approximate surface area is 165 Å². The zero-order valence-electron chi connectivity index (χ0n) is 16.2. The first-order chi connectivity index (χ1) is 12.9. The number of anilines is 1. The third-order valence-corrected chi connectivity index (χ3v) is 5.57. The summed E-state index contributed by atoms with van der Waals surface area (Å²) in [6, 6.07) is 16.0. The predicted molar refractivity (Wildman–Crippen MR) is 113 cm³/mol. The van der Waals surface area contributed by atoms with Crippen LogP contribution in [-0.2, 0) is 6.61 Å². The molecule has 3 nitrogen and oxygen atoms in total. The van der Waals surface area contributed by atoms with Gasteiger partial charge in [0.2, 0.25) is 0 Å². The molecule has 1 heterocycles. The second-order valence-electron chi connectivity index (χ2n) is 7.08. The molecule has 0 unspecified atom stereocenters. The van der Waals surface area contributed by atoms with E-state index >= 15 is 0 Å². The van der Waals surface area contributed by atoms with Crippen LogP contribution in [0.1, 0.15) is 51.7 Å². The summed E-state index contributed by atoms with van der Waals surface area (Å²) in [6.07, 6.45) is 0. The van der Waals surface area contributed by atoms with E-state index in [-0.39, 0.29) is 5.91 Å². The van der Waals surface area contributed by atoms with Gasteiger partial charge in [-0.15, -0.1) is 11.3 Å². The van der Waals surface area contributed by atoms with Crippen molar-refractivity contribution in [1.29, 1.82) is 0 Å². The Morgan fingerprint density at radius 1 is 1.04 bits per heavy atom. The zero-order chi connectivity index (χ0) is 19.4. The third-order valence-electron chi connectivity index (χ3n) is 4.60. The van der Waals surface area contributed by atoms with Gasteiger partial charge in [-0.1, -0.05) is 32.0 Å². The number of nitrogens with one attached hydrogen (secondary N) is 1. The van der Waals surface area contributed by atoms with Crippen LogP contribution in [0.5, 0.6) is 5.75 Å². The van der Waals surface area contributed by atoms with Crippen molar-refractivity contribution in [2.45, 2.75) is 40.2 Å². The monoisotopic (exact) mass is 379 g/mol. The Hall–Kier alpha value is -2.59. The number of carbonyl (C=O) groups excluding carboxylic acids is 1. The van der Waals surface area contributed by atoms with Crippen molar-refractivity contribution in [1.82, 2.24) is 0 Å². The van der Waals surface area contributed by atoms with Gasteiger partial charge in [0.25, 0.3) is 5.91 Å². The second-order valence-corrected chi connectivity index (χ2v) is 8.00. The van der Waals surface area contributed by atoms with E-state index in [1.807, 2.05) is 35.7 Å². The number of thiophene rings is 1. The number of aryl methyl sites for hydroxylation is 2. The molecule has 0 saturated heterocycles. The summed E-state index contributed by atoms with van der Waals surface area (Å²) in [5.74, 6) is 1.24. The van der Waals surface area contributed by atoms with Crippen molar-refractivity contribution in [2.24, 2.45) is 0 Å². The molecule has 0 aliphatic rings. The molecule has 2 aromatic carbocycles. The summed E-state index contributed by atoms with van der Waals surface area (Å²) in [5, 5.41) is 4.93. The molecule has 0 spiro atoms. The van der Waals surface area contributed by atoms with Crippen LogP contribution < -0.4 is 10.1 Å². The first-order valence-corrected chi connectivity index (χ1v) is 9.99. The molecule has 0 bridgehead atoms. The topological polar surface area (TPSA) is 38.3 Å². The van der Waals surface area contributed by atoms with Crippen molar-refractivity contribution in [3.05, 3.63) is 81.0 Å². The van der Waals surface area contributed by atoms with Gasteiger partial charge in [-0.25, -0.2) is 0 Å². The minimum atomic E-state index is -0.0882. The standard InChI is InChI=1S/C23H25NO2S/c1-15(2)19-6-8-20(9-7-19)24-23(25)22-12-18(14-27-22)13-26-21-10-5-16(3)17(4)11-21/h5-12,14-15H,13H2,1-4H3,(H,24,25). The molecule has 0 fully saturated rings. The molecule has 140 valence electrons. The molecule has 3 aromatic rings. The van der Waals surface area contributed by atoms with Gasteiger partial charge in [0.15, 0.2) is 0 Å². The molecular weight excluding hydrogens is 354 g/mol. The molecule has 0 saturated carbocycles.